The first-order valence-electron chi connectivity index (χ1n) is 12.0. The van der Waals surface area contributed by atoms with E-state index in [2.05, 4.69) is 26.1 Å². The van der Waals surface area contributed by atoms with E-state index in [0.29, 0.717) is 25.3 Å². The van der Waals surface area contributed by atoms with E-state index in [1.807, 2.05) is 0 Å². The number of phenols is 2. The Hall–Kier alpha value is -2.04. The third-order valence-corrected chi connectivity index (χ3v) is 14.4. The summed E-state index contributed by atoms with van der Waals surface area (Å²) in [5.41, 5.74) is -0.694. The maximum atomic E-state index is 13.5. The van der Waals surface area contributed by atoms with Gasteiger partial charge in [-0.3, -0.25) is 0 Å². The number of fused-ring (bicyclic) bond motifs is 2. The fourth-order valence-corrected chi connectivity index (χ4v) is 11.1. The Kier molecular flexibility index (Phi) is 5.57. The number of carbonyl (C=O) groups excluding carboxylic acids is 3. The third kappa shape index (κ3) is 3.56. The molecule has 1 aromatic carbocycles. The second-order valence-electron chi connectivity index (χ2n) is 11.0. The van der Waals surface area contributed by atoms with Crippen LogP contribution in [0.15, 0.2) is 18.2 Å². The van der Waals surface area contributed by atoms with Crippen LogP contribution in [-0.2, 0) is 9.53 Å². The van der Waals surface area contributed by atoms with Crippen molar-refractivity contribution in [3.05, 3.63) is 23.8 Å². The first-order valence-corrected chi connectivity index (χ1v) is 15.6. The molecule has 1 saturated heterocycles. The van der Waals surface area contributed by atoms with Crippen LogP contribution < -0.4 is 5.32 Å². The summed E-state index contributed by atoms with van der Waals surface area (Å²) < 4.78 is 8.45. The monoisotopic (exact) mass is 584 g/mol. The molecule has 0 radical (unpaired) electrons. The number of benzene rings is 1. The quantitative estimate of drug-likeness (QED) is 0.156. The van der Waals surface area contributed by atoms with Gasteiger partial charge in [0.05, 0.1) is 0 Å². The Labute approximate surface area is 207 Å². The Balaban J connectivity index is 1.26. The SMILES string of the molecule is CC1(C)C2CCC1(C)C(OC(=O)I1CCCN1C(=O)C1(NC(=O)c3ccc(O)c(O)c3)CC1)C2. The Bertz CT molecular complexity index is 1050. The fourth-order valence-electron chi connectivity index (χ4n) is 6.06. The van der Waals surface area contributed by atoms with Gasteiger partial charge in [0.2, 0.25) is 0 Å². The van der Waals surface area contributed by atoms with E-state index in [1.54, 1.807) is 3.11 Å². The van der Waals surface area contributed by atoms with Crippen LogP contribution in [-0.4, -0.2) is 51.7 Å². The molecule has 34 heavy (non-hydrogen) atoms. The number of carbonyl (C=O) groups is 3. The van der Waals surface area contributed by atoms with E-state index in [1.165, 1.54) is 24.6 Å². The molecule has 3 aliphatic carbocycles. The van der Waals surface area contributed by atoms with Crippen molar-refractivity contribution in [2.75, 3.05) is 11.0 Å². The van der Waals surface area contributed by atoms with Crippen LogP contribution >= 0.6 is 20.1 Å². The molecule has 9 heteroatoms. The number of phenolic OH excluding ortho intramolecular Hbond substituents is 2. The van der Waals surface area contributed by atoms with Crippen molar-refractivity contribution in [2.45, 2.75) is 70.9 Å². The van der Waals surface area contributed by atoms with Crippen molar-refractivity contribution >= 4 is 35.9 Å². The minimum atomic E-state index is -2.51. The van der Waals surface area contributed by atoms with E-state index in [9.17, 15) is 24.6 Å². The van der Waals surface area contributed by atoms with Crippen LogP contribution in [0.5, 0.6) is 11.5 Å². The van der Waals surface area contributed by atoms with E-state index in [-0.39, 0.29) is 38.1 Å². The molecule has 1 heterocycles. The molecule has 1 aliphatic heterocycles. The van der Waals surface area contributed by atoms with E-state index >= 15 is 0 Å². The molecule has 8 nitrogen and oxygen atoms in total. The zero-order chi connectivity index (χ0) is 24.5. The van der Waals surface area contributed by atoms with Gasteiger partial charge in [-0.15, -0.1) is 0 Å². The molecule has 4 aliphatic rings. The summed E-state index contributed by atoms with van der Waals surface area (Å²) in [7, 11) is 0. The molecule has 0 aromatic heterocycles. The van der Waals surface area contributed by atoms with Crippen molar-refractivity contribution in [1.29, 1.82) is 0 Å². The number of ether oxygens (including phenoxy) is 1. The molecular weight excluding hydrogens is 551 g/mol. The molecule has 5 rings (SSSR count). The number of hydrogen-bond acceptors (Lipinski definition) is 6. The van der Waals surface area contributed by atoms with Gasteiger partial charge in [0.25, 0.3) is 0 Å². The van der Waals surface area contributed by atoms with Crippen molar-refractivity contribution < 1.29 is 29.3 Å². The van der Waals surface area contributed by atoms with Gasteiger partial charge in [-0.25, -0.2) is 0 Å². The molecule has 1 aromatic rings. The zero-order valence-electron chi connectivity index (χ0n) is 19.9. The normalized spacial score (nSPS) is 31.4. The number of nitrogens with one attached hydrogen (secondary N) is 1. The Morgan fingerprint density at radius 2 is 1.85 bits per heavy atom. The number of hydrogen-bond donors (Lipinski definition) is 3. The van der Waals surface area contributed by atoms with E-state index < -0.39 is 37.3 Å². The number of rotatable bonds is 5. The maximum absolute atomic E-state index is 13.5. The van der Waals surface area contributed by atoms with Crippen LogP contribution in [0, 0.1) is 16.7 Å². The molecule has 3 atom stereocenters. The molecule has 3 saturated carbocycles. The van der Waals surface area contributed by atoms with Crippen molar-refractivity contribution in [3.8, 4) is 11.5 Å². The first-order chi connectivity index (χ1) is 16.0. The molecule has 3 N–H and O–H groups in total. The molecule has 2 amide bonds. The van der Waals surface area contributed by atoms with Gasteiger partial charge in [0.15, 0.2) is 0 Å². The molecule has 2 bridgehead atoms. The number of aromatic hydroxyl groups is 2. The van der Waals surface area contributed by atoms with E-state index in [4.69, 9.17) is 4.74 Å². The first kappa shape index (κ1) is 23.7. The zero-order valence-corrected chi connectivity index (χ0v) is 22.1. The van der Waals surface area contributed by atoms with Gasteiger partial charge < -0.3 is 0 Å². The third-order valence-electron chi connectivity index (χ3n) is 9.01. The van der Waals surface area contributed by atoms with Crippen LogP contribution in [0.3, 0.4) is 0 Å². The number of nitrogens with zero attached hydrogens (tertiary/aromatic N) is 1. The summed E-state index contributed by atoms with van der Waals surface area (Å²) in [5.74, 6) is -0.795. The number of amides is 2. The Morgan fingerprint density at radius 1 is 1.12 bits per heavy atom. The Morgan fingerprint density at radius 3 is 2.44 bits per heavy atom. The standard InChI is InChI=1S/C25H33IN2O6/c1-23(2)16-7-8-24(23,3)19(14-16)34-22(33)26-11-4-12-28(26)21(32)25(9-10-25)27-20(31)15-5-6-17(29)18(30)13-15/h5-6,13,16,19,29-30H,4,7-12,14H2,1-3H3,(H,27,31). The average molecular weight is 584 g/mol. The summed E-state index contributed by atoms with van der Waals surface area (Å²) >= 11 is -2.51. The second kappa shape index (κ2) is 7.99. The number of halogens is 1. The summed E-state index contributed by atoms with van der Waals surface area (Å²) in [6.07, 6.45) is 4.92. The predicted octanol–water partition coefficient (Wildman–Crippen LogP) is 4.37. The summed E-state index contributed by atoms with van der Waals surface area (Å²) in [6.45, 7) is 7.35. The average Bonchev–Trinajstić information content (AvgIpc) is 3.26. The number of alkyl halides is 1. The van der Waals surface area contributed by atoms with Gasteiger partial charge in [0, 0.05) is 0 Å². The predicted molar refractivity (Wildman–Crippen MR) is 134 cm³/mol. The van der Waals surface area contributed by atoms with Crippen LogP contribution in [0.1, 0.15) is 69.7 Å². The van der Waals surface area contributed by atoms with Gasteiger partial charge >= 0.3 is 208 Å². The summed E-state index contributed by atoms with van der Waals surface area (Å²) in [6, 6.07) is 3.81. The van der Waals surface area contributed by atoms with Crippen molar-refractivity contribution in [3.63, 3.8) is 0 Å². The van der Waals surface area contributed by atoms with Crippen LogP contribution in [0.2, 0.25) is 0 Å². The minimum absolute atomic E-state index is 0.0145. The summed E-state index contributed by atoms with van der Waals surface area (Å²) in [4.78, 5) is 39.6. The molecule has 0 spiro atoms. The van der Waals surface area contributed by atoms with E-state index in [0.717, 1.165) is 23.7 Å². The fraction of sp³-hybridized carbons (Fsp3) is 0.640. The van der Waals surface area contributed by atoms with Crippen molar-refractivity contribution in [1.82, 2.24) is 8.43 Å². The summed E-state index contributed by atoms with van der Waals surface area (Å²) in [5, 5.41) is 22.0. The molecular formula is C25H33IN2O6. The van der Waals surface area contributed by atoms with Gasteiger partial charge in [-0.2, -0.15) is 0 Å². The van der Waals surface area contributed by atoms with Gasteiger partial charge in [0.1, 0.15) is 0 Å². The van der Waals surface area contributed by atoms with Crippen LogP contribution in [0.25, 0.3) is 0 Å². The molecule has 186 valence electrons. The van der Waals surface area contributed by atoms with Crippen LogP contribution in [0.4, 0.5) is 4.79 Å². The molecule has 3 unspecified atom stereocenters. The topological polar surface area (TPSA) is 116 Å². The van der Waals surface area contributed by atoms with Gasteiger partial charge in [-0.1, -0.05) is 0 Å². The van der Waals surface area contributed by atoms with Gasteiger partial charge in [-0.05, 0) is 0 Å². The van der Waals surface area contributed by atoms with Crippen molar-refractivity contribution in [2.24, 2.45) is 16.7 Å². The molecule has 4 fully saturated rings. The second-order valence-corrected chi connectivity index (χ2v) is 16.0.